The molecule has 1 atom stereocenters. The van der Waals surface area contributed by atoms with Gasteiger partial charge in [-0.15, -0.1) is 0 Å². The summed E-state index contributed by atoms with van der Waals surface area (Å²) >= 11 is 0. The highest BCUT2D eigenvalue weighted by molar-refractivity contribution is 4.99. The number of aliphatic hydroxyl groups is 1. The highest BCUT2D eigenvalue weighted by Crippen LogP contribution is 2.40. The second-order valence-electron chi connectivity index (χ2n) is 4.73. The van der Waals surface area contributed by atoms with Crippen molar-refractivity contribution >= 4 is 0 Å². The lowest BCUT2D eigenvalue weighted by Gasteiger charge is -2.31. The number of hydrogen-bond acceptors (Lipinski definition) is 3. The minimum atomic E-state index is -0.600. The van der Waals surface area contributed by atoms with Crippen molar-refractivity contribution in [2.24, 2.45) is 11.7 Å². The average molecular weight is 184 g/mol. The molecule has 0 radical (unpaired) electrons. The Morgan fingerprint density at radius 3 is 2.38 bits per heavy atom. The van der Waals surface area contributed by atoms with E-state index in [0.29, 0.717) is 12.5 Å². The van der Waals surface area contributed by atoms with Crippen LogP contribution in [0.25, 0.3) is 0 Å². The summed E-state index contributed by atoms with van der Waals surface area (Å²) in [6, 6.07) is 0.719. The highest BCUT2D eigenvalue weighted by Gasteiger charge is 2.44. The number of nitrogens with zero attached hydrogens (tertiary/aromatic N) is 1. The normalized spacial score (nSPS) is 27.7. The third kappa shape index (κ3) is 2.03. The maximum Gasteiger partial charge on any atom is 0.0923 e. The molecule has 0 saturated heterocycles. The summed E-state index contributed by atoms with van der Waals surface area (Å²) in [5.74, 6) is 0.471. The average Bonchev–Trinajstić information content (AvgIpc) is 2.90. The fourth-order valence-corrected chi connectivity index (χ4v) is 2.06. The Hall–Kier alpha value is -0.120. The summed E-state index contributed by atoms with van der Waals surface area (Å²) in [5, 5.41) is 10.2. The van der Waals surface area contributed by atoms with Crippen LogP contribution >= 0.6 is 0 Å². The van der Waals surface area contributed by atoms with E-state index in [2.05, 4.69) is 11.9 Å². The Bertz CT molecular complexity index is 189. The Kier molecular flexibility index (Phi) is 2.34. The van der Waals surface area contributed by atoms with Gasteiger partial charge in [0.05, 0.1) is 5.60 Å². The largest absolute Gasteiger partial charge is 0.387 e. The topological polar surface area (TPSA) is 49.5 Å². The van der Waals surface area contributed by atoms with Gasteiger partial charge in [-0.25, -0.2) is 0 Å². The quantitative estimate of drug-likeness (QED) is 0.641. The fourth-order valence-electron chi connectivity index (χ4n) is 2.06. The molecule has 0 aliphatic heterocycles. The zero-order chi connectivity index (χ0) is 9.47. The second-order valence-corrected chi connectivity index (χ2v) is 4.73. The van der Waals surface area contributed by atoms with Crippen LogP contribution in [0.4, 0.5) is 0 Å². The first-order valence-corrected chi connectivity index (χ1v) is 5.28. The van der Waals surface area contributed by atoms with Crippen LogP contribution in [0, 0.1) is 5.92 Å². The van der Waals surface area contributed by atoms with Crippen LogP contribution in [-0.4, -0.2) is 41.8 Å². The van der Waals surface area contributed by atoms with Gasteiger partial charge in [-0.1, -0.05) is 0 Å². The van der Waals surface area contributed by atoms with Crippen LogP contribution in [0.2, 0.25) is 0 Å². The van der Waals surface area contributed by atoms with Gasteiger partial charge in [0.1, 0.15) is 0 Å². The van der Waals surface area contributed by atoms with Crippen LogP contribution in [-0.2, 0) is 0 Å². The lowest BCUT2D eigenvalue weighted by Crippen LogP contribution is -2.49. The van der Waals surface area contributed by atoms with Crippen molar-refractivity contribution < 1.29 is 5.11 Å². The molecule has 3 heteroatoms. The molecule has 76 valence electrons. The summed E-state index contributed by atoms with van der Waals surface area (Å²) in [6.45, 7) is 1.17. The predicted octanol–water partition coefficient (Wildman–Crippen LogP) is 0.180. The number of hydrogen-bond donors (Lipinski definition) is 2. The minimum absolute atomic E-state index is 0.411. The van der Waals surface area contributed by atoms with E-state index >= 15 is 0 Å². The van der Waals surface area contributed by atoms with Crippen molar-refractivity contribution in [1.29, 1.82) is 0 Å². The van der Waals surface area contributed by atoms with Gasteiger partial charge in [-0.05, 0) is 38.6 Å². The molecule has 0 aromatic rings. The molecule has 2 rings (SSSR count). The van der Waals surface area contributed by atoms with Gasteiger partial charge < -0.3 is 15.7 Å². The summed E-state index contributed by atoms with van der Waals surface area (Å²) in [6.07, 6.45) is 4.90. The molecule has 2 saturated carbocycles. The zero-order valence-electron chi connectivity index (χ0n) is 8.37. The molecular weight excluding hydrogens is 164 g/mol. The summed E-state index contributed by atoms with van der Waals surface area (Å²) in [7, 11) is 2.10. The first-order chi connectivity index (χ1) is 6.15. The maximum atomic E-state index is 10.2. The third-order valence-electron chi connectivity index (χ3n) is 3.38. The standard InChI is InChI=1S/C10H20N2O/c1-12(9-4-5-9)7-10(13,6-11)8-2-3-8/h8-9,13H,2-7,11H2,1H3. The molecule has 2 aliphatic carbocycles. The van der Waals surface area contributed by atoms with E-state index in [1.54, 1.807) is 0 Å². The monoisotopic (exact) mass is 184 g/mol. The van der Waals surface area contributed by atoms with Gasteiger partial charge in [0.2, 0.25) is 0 Å². The van der Waals surface area contributed by atoms with Crippen molar-refractivity contribution in [3.63, 3.8) is 0 Å². The van der Waals surface area contributed by atoms with Gasteiger partial charge in [0.15, 0.2) is 0 Å². The molecule has 1 unspecified atom stereocenters. The van der Waals surface area contributed by atoms with E-state index in [1.807, 2.05) is 0 Å². The van der Waals surface area contributed by atoms with Gasteiger partial charge >= 0.3 is 0 Å². The molecule has 2 fully saturated rings. The molecule has 2 aliphatic rings. The summed E-state index contributed by atoms with van der Waals surface area (Å²) < 4.78 is 0. The van der Waals surface area contributed by atoms with Crippen LogP contribution in [0.15, 0.2) is 0 Å². The molecule has 0 aromatic heterocycles. The molecule has 0 amide bonds. The summed E-state index contributed by atoms with van der Waals surface area (Å²) in [4.78, 5) is 2.27. The van der Waals surface area contributed by atoms with E-state index in [4.69, 9.17) is 5.73 Å². The van der Waals surface area contributed by atoms with Crippen LogP contribution < -0.4 is 5.73 Å². The maximum absolute atomic E-state index is 10.2. The smallest absolute Gasteiger partial charge is 0.0923 e. The Morgan fingerprint density at radius 2 is 2.00 bits per heavy atom. The van der Waals surface area contributed by atoms with E-state index in [-0.39, 0.29) is 0 Å². The van der Waals surface area contributed by atoms with Gasteiger partial charge in [-0.3, -0.25) is 0 Å². The summed E-state index contributed by atoms with van der Waals surface area (Å²) in [5.41, 5.74) is 5.04. The third-order valence-corrected chi connectivity index (χ3v) is 3.38. The molecule has 13 heavy (non-hydrogen) atoms. The Morgan fingerprint density at radius 1 is 1.38 bits per heavy atom. The second kappa shape index (κ2) is 3.23. The van der Waals surface area contributed by atoms with Crippen LogP contribution in [0.5, 0.6) is 0 Å². The minimum Gasteiger partial charge on any atom is -0.387 e. The van der Waals surface area contributed by atoms with Crippen molar-refractivity contribution in [2.45, 2.75) is 37.3 Å². The van der Waals surface area contributed by atoms with Crippen LogP contribution in [0.3, 0.4) is 0 Å². The van der Waals surface area contributed by atoms with Crippen molar-refractivity contribution in [1.82, 2.24) is 4.90 Å². The lowest BCUT2D eigenvalue weighted by atomic mass is 9.97. The zero-order valence-corrected chi connectivity index (χ0v) is 8.37. The number of rotatable bonds is 5. The number of nitrogens with two attached hydrogens (primary N) is 1. The van der Waals surface area contributed by atoms with E-state index in [9.17, 15) is 5.11 Å². The fraction of sp³-hybridized carbons (Fsp3) is 1.00. The van der Waals surface area contributed by atoms with Crippen molar-refractivity contribution in [3.8, 4) is 0 Å². The Balaban J connectivity index is 1.87. The predicted molar refractivity (Wildman–Crippen MR) is 52.4 cm³/mol. The highest BCUT2D eigenvalue weighted by atomic mass is 16.3. The van der Waals surface area contributed by atoms with Crippen LogP contribution in [0.1, 0.15) is 25.7 Å². The first kappa shape index (κ1) is 9.44. The van der Waals surface area contributed by atoms with Crippen molar-refractivity contribution in [3.05, 3.63) is 0 Å². The lowest BCUT2D eigenvalue weighted by molar-refractivity contribution is -0.00389. The molecule has 0 spiro atoms. The van der Waals surface area contributed by atoms with Gasteiger partial charge in [0, 0.05) is 19.1 Å². The molecule has 3 nitrogen and oxygen atoms in total. The SMILES string of the molecule is CN(CC(O)(CN)C1CC1)C1CC1. The van der Waals surface area contributed by atoms with Gasteiger partial charge in [-0.2, -0.15) is 0 Å². The van der Waals surface area contributed by atoms with Crippen molar-refractivity contribution in [2.75, 3.05) is 20.1 Å². The molecular formula is C10H20N2O. The first-order valence-electron chi connectivity index (χ1n) is 5.28. The van der Waals surface area contributed by atoms with Gasteiger partial charge in [0.25, 0.3) is 0 Å². The Labute approximate surface area is 79.9 Å². The molecule has 0 heterocycles. The van der Waals surface area contributed by atoms with E-state index in [0.717, 1.165) is 25.4 Å². The molecule has 0 aromatic carbocycles. The molecule has 3 N–H and O–H groups in total. The number of likely N-dealkylation sites (N-methyl/N-ethyl adjacent to an activating group) is 1. The molecule has 0 bridgehead atoms. The van der Waals surface area contributed by atoms with E-state index < -0.39 is 5.60 Å². The van der Waals surface area contributed by atoms with E-state index in [1.165, 1.54) is 12.8 Å².